The molecule has 3 aromatic rings. The van der Waals surface area contributed by atoms with Gasteiger partial charge in [-0.3, -0.25) is 24.0 Å². The maximum atomic E-state index is 14.4. The number of nitrogens with two attached hydrogens (primary N) is 3. The molecule has 3 aliphatic rings. The molecule has 2 aliphatic heterocycles. The molecule has 0 saturated heterocycles. The van der Waals surface area contributed by atoms with Crippen molar-refractivity contribution in [2.24, 2.45) is 34.1 Å². The lowest BCUT2D eigenvalue weighted by Gasteiger charge is -2.34. The Balaban J connectivity index is 0.00000221. The predicted octanol–water partition coefficient (Wildman–Crippen LogP) is 1.99. The summed E-state index contributed by atoms with van der Waals surface area (Å²) in [7, 11) is 1.47. The van der Waals surface area contributed by atoms with Gasteiger partial charge in [-0.25, -0.2) is 5.43 Å². The van der Waals surface area contributed by atoms with E-state index < -0.39 is 48.3 Å². The number of likely N-dealkylation sites (N-methyl/N-ethyl adjacent to an activating group) is 1. The number of amides is 5. The third-order valence-electron chi connectivity index (χ3n) is 10.9. The lowest BCUT2D eigenvalue weighted by molar-refractivity contribution is -0.139. The molecule has 322 valence electrons. The Morgan fingerprint density at radius 2 is 1.52 bits per heavy atom. The van der Waals surface area contributed by atoms with Crippen LogP contribution in [0.3, 0.4) is 0 Å². The minimum Gasteiger partial charge on any atom is -0.492 e. The molecule has 5 amide bonds. The van der Waals surface area contributed by atoms with E-state index in [0.717, 1.165) is 36.1 Å². The van der Waals surface area contributed by atoms with Gasteiger partial charge in [0.25, 0.3) is 5.91 Å². The SMILES string of the molecule is CCN.Cc1ccc(C(=O)NCC(=O)N(C)C2C(=O)N[C@@H](C)C(=O)NC(C3=NNC(=O)C4CCC4C3)Cc3ccc(OCCN)c(c3)-c3cc2ccc3OCCN)c(C)c1. The highest BCUT2D eigenvalue weighted by molar-refractivity contribution is 6.00. The van der Waals surface area contributed by atoms with Crippen molar-refractivity contribution in [1.82, 2.24) is 26.3 Å². The first-order chi connectivity index (χ1) is 28.8. The van der Waals surface area contributed by atoms with E-state index in [4.69, 9.17) is 26.7 Å². The molecule has 1 aliphatic carbocycles. The van der Waals surface area contributed by atoms with E-state index in [1.165, 1.54) is 11.9 Å². The molecule has 2 heterocycles. The normalized spacial score (nSPS) is 21.0. The maximum absolute atomic E-state index is 14.4. The van der Waals surface area contributed by atoms with Crippen molar-refractivity contribution >= 4 is 35.2 Å². The summed E-state index contributed by atoms with van der Waals surface area (Å²) >= 11 is 0. The monoisotopic (exact) mass is 825 g/mol. The molecule has 3 aromatic carbocycles. The number of nitrogens with one attached hydrogen (secondary N) is 4. The molecule has 4 unspecified atom stereocenters. The third kappa shape index (κ3) is 10.9. The van der Waals surface area contributed by atoms with E-state index in [2.05, 4.69) is 26.5 Å². The summed E-state index contributed by atoms with van der Waals surface area (Å²) < 4.78 is 12.3. The van der Waals surface area contributed by atoms with Gasteiger partial charge in [-0.2, -0.15) is 5.10 Å². The molecular formula is C44H59N9O7. The number of benzene rings is 3. The van der Waals surface area contributed by atoms with E-state index in [1.807, 2.05) is 51.1 Å². The van der Waals surface area contributed by atoms with Crippen molar-refractivity contribution in [2.45, 2.75) is 71.5 Å². The summed E-state index contributed by atoms with van der Waals surface area (Å²) in [6, 6.07) is 13.3. The maximum Gasteiger partial charge on any atom is 0.251 e. The van der Waals surface area contributed by atoms with Crippen LogP contribution in [0.2, 0.25) is 0 Å². The standard InChI is InChI=1S/C42H52N8O7.C2H7N/c1-23-5-9-29(24(2)17-23)40(53)45-22-37(51)50(4)38-28-8-12-36(57-16-14-44)32(20-28)31-18-26(6-11-35(31)56-15-13-43)19-33(47-39(52)25(3)46-42(38)55)34-21-27-7-10-30(27)41(54)49-48-34;1-2-3/h5-6,8-9,11-12,17-18,20,25,27,30,33,38H,7,10,13-16,19,21-22,43-44H2,1-4H3,(H,45,53)(H,46,55)(H,47,52)(H,49,54);2-3H2,1H3/t25-,27?,30?,33?,38?;/m0./s1. The Kier molecular flexibility index (Phi) is 15.8. The van der Waals surface area contributed by atoms with E-state index in [-0.39, 0.29) is 44.0 Å². The van der Waals surface area contributed by atoms with Crippen LogP contribution in [0.1, 0.15) is 71.8 Å². The van der Waals surface area contributed by atoms with Crippen molar-refractivity contribution in [2.75, 3.05) is 46.4 Å². The first kappa shape index (κ1) is 45.2. The van der Waals surface area contributed by atoms with Gasteiger partial charge in [-0.05, 0) is 106 Å². The summed E-state index contributed by atoms with van der Waals surface area (Å²) in [5.74, 6) is -1.26. The van der Waals surface area contributed by atoms with Crippen molar-refractivity contribution in [1.29, 1.82) is 0 Å². The number of carbonyl (C=O) groups excluding carboxylic acids is 5. The van der Waals surface area contributed by atoms with Gasteiger partial charge < -0.3 is 47.5 Å². The Hall–Kier alpha value is -5.84. The molecule has 1 saturated carbocycles. The van der Waals surface area contributed by atoms with Crippen molar-refractivity contribution in [3.8, 4) is 22.6 Å². The molecule has 1 fully saturated rings. The predicted molar refractivity (Wildman–Crippen MR) is 229 cm³/mol. The van der Waals surface area contributed by atoms with Crippen molar-refractivity contribution in [3.63, 3.8) is 0 Å². The van der Waals surface area contributed by atoms with Crippen LogP contribution >= 0.6 is 0 Å². The van der Waals surface area contributed by atoms with Crippen LogP contribution in [0.5, 0.6) is 11.5 Å². The summed E-state index contributed by atoms with van der Waals surface area (Å²) in [5.41, 5.74) is 24.5. The molecule has 10 N–H and O–H groups in total. The highest BCUT2D eigenvalue weighted by Crippen LogP contribution is 2.41. The Labute approximate surface area is 351 Å². The molecule has 60 heavy (non-hydrogen) atoms. The van der Waals surface area contributed by atoms with Gasteiger partial charge in [-0.1, -0.05) is 36.8 Å². The third-order valence-corrected chi connectivity index (χ3v) is 10.9. The van der Waals surface area contributed by atoms with Crippen molar-refractivity contribution in [3.05, 3.63) is 82.4 Å². The number of hydrazone groups is 1. The summed E-state index contributed by atoms with van der Waals surface area (Å²) in [4.78, 5) is 69.3. The Bertz CT molecular complexity index is 2090. The highest BCUT2D eigenvalue weighted by Gasteiger charge is 2.41. The first-order valence-corrected chi connectivity index (χ1v) is 20.5. The number of rotatable bonds is 11. The summed E-state index contributed by atoms with van der Waals surface area (Å²) in [5, 5.41) is 13.1. The fourth-order valence-electron chi connectivity index (χ4n) is 7.62. The van der Waals surface area contributed by atoms with Crippen LogP contribution in [-0.2, 0) is 25.6 Å². The van der Waals surface area contributed by atoms with Crippen molar-refractivity contribution < 1.29 is 33.4 Å². The minimum atomic E-state index is -1.25. The van der Waals surface area contributed by atoms with E-state index in [1.54, 1.807) is 31.2 Å². The number of carbonyl (C=O) groups is 5. The number of fused-ring (bicyclic) bond motifs is 6. The zero-order chi connectivity index (χ0) is 43.5. The van der Waals surface area contributed by atoms with Gasteiger partial charge in [0.05, 0.1) is 18.3 Å². The molecule has 16 nitrogen and oxygen atoms in total. The smallest absolute Gasteiger partial charge is 0.251 e. The van der Waals surface area contributed by atoms with Gasteiger partial charge in [-0.15, -0.1) is 0 Å². The average molecular weight is 826 g/mol. The van der Waals surface area contributed by atoms with Gasteiger partial charge in [0.2, 0.25) is 23.6 Å². The molecule has 0 aromatic heterocycles. The van der Waals surface area contributed by atoms with Crippen LogP contribution < -0.4 is 48.1 Å². The lowest BCUT2D eigenvalue weighted by Crippen LogP contribution is -2.53. The molecule has 0 spiro atoms. The Morgan fingerprint density at radius 3 is 2.15 bits per heavy atom. The number of ether oxygens (including phenoxy) is 2. The van der Waals surface area contributed by atoms with Crippen LogP contribution in [0, 0.1) is 25.7 Å². The fourth-order valence-corrected chi connectivity index (χ4v) is 7.62. The zero-order valence-corrected chi connectivity index (χ0v) is 35.1. The molecule has 4 bridgehead atoms. The minimum absolute atomic E-state index is 0.112. The van der Waals surface area contributed by atoms with Gasteiger partial charge >= 0.3 is 0 Å². The molecule has 0 radical (unpaired) electrons. The lowest BCUT2D eigenvalue weighted by atomic mass is 9.70. The quantitative estimate of drug-likeness (QED) is 0.148. The van der Waals surface area contributed by atoms with E-state index >= 15 is 0 Å². The average Bonchev–Trinajstić information content (AvgIpc) is 3.31. The molecular weight excluding hydrogens is 767 g/mol. The highest BCUT2D eigenvalue weighted by atomic mass is 16.5. The molecule has 5 atom stereocenters. The second-order valence-electron chi connectivity index (χ2n) is 15.4. The van der Waals surface area contributed by atoms with Crippen LogP contribution in [0.25, 0.3) is 11.1 Å². The molecule has 6 rings (SSSR count). The fraction of sp³-hybridized carbons (Fsp3) is 0.455. The van der Waals surface area contributed by atoms with Crippen LogP contribution in [0.15, 0.2) is 59.7 Å². The second-order valence-corrected chi connectivity index (χ2v) is 15.4. The number of hydrogen-bond donors (Lipinski definition) is 7. The number of hydrogen-bond acceptors (Lipinski definition) is 11. The van der Waals surface area contributed by atoms with Gasteiger partial charge in [0, 0.05) is 42.7 Å². The summed E-state index contributed by atoms with van der Waals surface area (Å²) in [6.45, 7) is 8.49. The zero-order valence-electron chi connectivity index (χ0n) is 35.1. The largest absolute Gasteiger partial charge is 0.492 e. The van der Waals surface area contributed by atoms with E-state index in [9.17, 15) is 24.0 Å². The summed E-state index contributed by atoms with van der Waals surface area (Å²) in [6.07, 6.45) is 2.51. The van der Waals surface area contributed by atoms with E-state index in [0.29, 0.717) is 52.3 Å². The molecule has 16 heteroatoms. The van der Waals surface area contributed by atoms with Crippen LogP contribution in [-0.4, -0.2) is 98.7 Å². The topological polar surface area (TPSA) is 246 Å². The number of aryl methyl sites for hydroxylation is 2. The second kappa shape index (κ2) is 20.9. The van der Waals surface area contributed by atoms with Gasteiger partial charge in [0.15, 0.2) is 0 Å². The Morgan fingerprint density at radius 1 is 0.850 bits per heavy atom. The first-order valence-electron chi connectivity index (χ1n) is 20.5. The number of nitrogens with zero attached hydrogens (tertiary/aromatic N) is 2. The van der Waals surface area contributed by atoms with Gasteiger partial charge in [0.1, 0.15) is 36.8 Å². The van der Waals surface area contributed by atoms with Crippen LogP contribution in [0.4, 0.5) is 0 Å².